The molecule has 1 amide bonds. The van der Waals surface area contributed by atoms with Crippen molar-refractivity contribution < 1.29 is 18.5 Å². The zero-order valence-electron chi connectivity index (χ0n) is 17.0. The minimum absolute atomic E-state index is 0.0465. The van der Waals surface area contributed by atoms with Crippen LogP contribution >= 0.6 is 0 Å². The molecule has 1 saturated heterocycles. The van der Waals surface area contributed by atoms with Crippen LogP contribution in [-0.4, -0.2) is 40.6 Å². The lowest BCUT2D eigenvalue weighted by Gasteiger charge is -2.33. The van der Waals surface area contributed by atoms with Gasteiger partial charge in [-0.05, 0) is 62.3 Å². The van der Waals surface area contributed by atoms with E-state index in [1.165, 1.54) is 19.3 Å². The van der Waals surface area contributed by atoms with E-state index in [9.17, 15) is 4.79 Å². The van der Waals surface area contributed by atoms with Gasteiger partial charge in [0.15, 0.2) is 6.61 Å². The normalized spacial score (nSPS) is 15.6. The number of amides is 1. The van der Waals surface area contributed by atoms with Crippen LogP contribution < -0.4 is 10.1 Å². The predicted octanol–water partition coefficient (Wildman–Crippen LogP) is 3.51. The van der Waals surface area contributed by atoms with Crippen LogP contribution in [0.2, 0.25) is 0 Å². The Kier molecular flexibility index (Phi) is 6.44. The molecule has 3 heterocycles. The lowest BCUT2D eigenvalue weighted by atomic mass is 10.1. The molecular weight excluding hydrogens is 384 g/mol. The molecule has 8 heteroatoms. The molecule has 1 aromatic carbocycles. The second kappa shape index (κ2) is 9.58. The van der Waals surface area contributed by atoms with Crippen LogP contribution in [0.5, 0.6) is 5.75 Å². The number of hydrogen-bond donors (Lipinski definition) is 1. The summed E-state index contributed by atoms with van der Waals surface area (Å²) < 4.78 is 16.2. The predicted molar refractivity (Wildman–Crippen MR) is 109 cm³/mol. The number of likely N-dealkylation sites (tertiary alicyclic amines) is 1. The maximum Gasteiger partial charge on any atom is 0.251 e. The molecular formula is C22H26N4O4. The molecule has 30 heavy (non-hydrogen) atoms. The first-order chi connectivity index (χ1) is 14.7. The Labute approximate surface area is 175 Å². The van der Waals surface area contributed by atoms with E-state index in [0.717, 1.165) is 18.8 Å². The standard InChI is InChI=1S/C22H26N4O4/c1-16-24-21(25-30-16)15-29-18-9-7-17(8-10-18)22(27)23-14-19(20-6-5-13-28-20)26-11-3-2-4-12-26/h5-10,13,19H,2-4,11-12,14-15H2,1H3,(H,23,27). The molecule has 1 fully saturated rings. The summed E-state index contributed by atoms with van der Waals surface area (Å²) in [7, 11) is 0. The molecule has 0 saturated carbocycles. The van der Waals surface area contributed by atoms with Crippen molar-refractivity contribution in [2.45, 2.75) is 38.8 Å². The van der Waals surface area contributed by atoms with Crippen LogP contribution in [-0.2, 0) is 6.61 Å². The van der Waals surface area contributed by atoms with Gasteiger partial charge in [0.05, 0.1) is 12.3 Å². The quantitative estimate of drug-likeness (QED) is 0.607. The van der Waals surface area contributed by atoms with Gasteiger partial charge in [-0.15, -0.1) is 0 Å². The van der Waals surface area contributed by atoms with Crippen molar-refractivity contribution in [2.75, 3.05) is 19.6 Å². The molecule has 0 aliphatic carbocycles. The highest BCUT2D eigenvalue weighted by Gasteiger charge is 2.25. The number of rotatable bonds is 8. The maximum absolute atomic E-state index is 12.7. The number of carbonyl (C=O) groups is 1. The first-order valence-electron chi connectivity index (χ1n) is 10.3. The number of carbonyl (C=O) groups excluding carboxylic acids is 1. The van der Waals surface area contributed by atoms with E-state index in [1.54, 1.807) is 37.5 Å². The number of nitrogens with zero attached hydrogens (tertiary/aromatic N) is 3. The van der Waals surface area contributed by atoms with Crippen molar-refractivity contribution in [1.82, 2.24) is 20.4 Å². The smallest absolute Gasteiger partial charge is 0.251 e. The summed E-state index contributed by atoms with van der Waals surface area (Å²) in [6, 6.07) is 10.9. The summed E-state index contributed by atoms with van der Waals surface area (Å²) in [6.07, 6.45) is 5.29. The molecule has 1 N–H and O–H groups in total. The van der Waals surface area contributed by atoms with E-state index in [-0.39, 0.29) is 18.6 Å². The van der Waals surface area contributed by atoms with E-state index in [1.807, 2.05) is 12.1 Å². The van der Waals surface area contributed by atoms with Crippen molar-refractivity contribution in [3.63, 3.8) is 0 Å². The lowest BCUT2D eigenvalue weighted by Crippen LogP contribution is -2.40. The molecule has 2 aromatic heterocycles. The van der Waals surface area contributed by atoms with Gasteiger partial charge in [-0.2, -0.15) is 4.98 Å². The van der Waals surface area contributed by atoms with Crippen molar-refractivity contribution in [3.8, 4) is 5.75 Å². The Morgan fingerprint density at radius 3 is 2.67 bits per heavy atom. The van der Waals surface area contributed by atoms with Crippen LogP contribution in [0.15, 0.2) is 51.6 Å². The molecule has 1 atom stereocenters. The second-order valence-electron chi connectivity index (χ2n) is 7.38. The largest absolute Gasteiger partial charge is 0.485 e. The SMILES string of the molecule is Cc1nc(COc2ccc(C(=O)NCC(c3ccco3)N3CCCCC3)cc2)no1. The van der Waals surface area contributed by atoms with Crippen LogP contribution in [0, 0.1) is 6.92 Å². The van der Waals surface area contributed by atoms with Gasteiger partial charge in [0.1, 0.15) is 11.5 Å². The number of furan rings is 1. The third kappa shape index (κ3) is 5.07. The van der Waals surface area contributed by atoms with Gasteiger partial charge in [0.25, 0.3) is 5.91 Å². The number of nitrogens with one attached hydrogen (secondary N) is 1. The van der Waals surface area contributed by atoms with Gasteiger partial charge in [-0.3, -0.25) is 9.69 Å². The van der Waals surface area contributed by atoms with E-state index in [2.05, 4.69) is 20.4 Å². The minimum atomic E-state index is -0.121. The van der Waals surface area contributed by atoms with Gasteiger partial charge in [-0.25, -0.2) is 0 Å². The topological polar surface area (TPSA) is 93.6 Å². The minimum Gasteiger partial charge on any atom is -0.485 e. The number of aromatic nitrogens is 2. The molecule has 0 spiro atoms. The highest BCUT2D eigenvalue weighted by atomic mass is 16.5. The summed E-state index contributed by atoms with van der Waals surface area (Å²) in [6.45, 7) is 4.48. The molecule has 1 unspecified atom stereocenters. The van der Waals surface area contributed by atoms with Gasteiger partial charge < -0.3 is 19.0 Å². The number of piperidine rings is 1. The molecule has 8 nitrogen and oxygen atoms in total. The van der Waals surface area contributed by atoms with Crippen molar-refractivity contribution in [3.05, 3.63) is 65.7 Å². The highest BCUT2D eigenvalue weighted by molar-refractivity contribution is 5.94. The van der Waals surface area contributed by atoms with Crippen molar-refractivity contribution in [2.24, 2.45) is 0 Å². The Morgan fingerprint density at radius 1 is 1.20 bits per heavy atom. The molecule has 1 aliphatic heterocycles. The van der Waals surface area contributed by atoms with Gasteiger partial charge in [0.2, 0.25) is 11.7 Å². The fraction of sp³-hybridized carbons (Fsp3) is 0.409. The average molecular weight is 410 g/mol. The molecule has 3 aromatic rings. The fourth-order valence-electron chi connectivity index (χ4n) is 3.66. The summed E-state index contributed by atoms with van der Waals surface area (Å²) in [5.41, 5.74) is 0.578. The van der Waals surface area contributed by atoms with Crippen LogP contribution in [0.25, 0.3) is 0 Å². The Bertz CT molecular complexity index is 930. The Hall–Kier alpha value is -3.13. The molecule has 0 radical (unpaired) electrons. The van der Waals surface area contributed by atoms with Gasteiger partial charge in [-0.1, -0.05) is 11.6 Å². The van der Waals surface area contributed by atoms with Crippen LogP contribution in [0.3, 0.4) is 0 Å². The van der Waals surface area contributed by atoms with Crippen molar-refractivity contribution in [1.29, 1.82) is 0 Å². The molecule has 158 valence electrons. The summed E-state index contributed by atoms with van der Waals surface area (Å²) in [5, 5.41) is 6.84. The zero-order valence-corrected chi connectivity index (χ0v) is 17.0. The summed E-state index contributed by atoms with van der Waals surface area (Å²) >= 11 is 0. The summed E-state index contributed by atoms with van der Waals surface area (Å²) in [4.78, 5) is 19.1. The lowest BCUT2D eigenvalue weighted by molar-refractivity contribution is 0.0914. The monoisotopic (exact) mass is 410 g/mol. The number of aryl methyl sites for hydroxylation is 1. The van der Waals surface area contributed by atoms with E-state index < -0.39 is 0 Å². The summed E-state index contributed by atoms with van der Waals surface area (Å²) in [5.74, 6) is 2.38. The molecule has 0 bridgehead atoms. The second-order valence-corrected chi connectivity index (χ2v) is 7.38. The first-order valence-corrected chi connectivity index (χ1v) is 10.3. The zero-order chi connectivity index (χ0) is 20.8. The Balaban J connectivity index is 1.33. The fourth-order valence-corrected chi connectivity index (χ4v) is 3.66. The maximum atomic E-state index is 12.7. The van der Waals surface area contributed by atoms with E-state index >= 15 is 0 Å². The van der Waals surface area contributed by atoms with Crippen LogP contribution in [0.4, 0.5) is 0 Å². The molecule has 4 rings (SSSR count). The number of benzene rings is 1. The van der Waals surface area contributed by atoms with Crippen LogP contribution in [0.1, 0.15) is 53.1 Å². The third-order valence-corrected chi connectivity index (χ3v) is 5.21. The first kappa shape index (κ1) is 20.2. The van der Waals surface area contributed by atoms with Gasteiger partial charge >= 0.3 is 0 Å². The number of ether oxygens (including phenoxy) is 1. The third-order valence-electron chi connectivity index (χ3n) is 5.21. The highest BCUT2D eigenvalue weighted by Crippen LogP contribution is 2.24. The Morgan fingerprint density at radius 2 is 2.00 bits per heavy atom. The van der Waals surface area contributed by atoms with E-state index in [0.29, 0.717) is 29.6 Å². The molecule has 1 aliphatic rings. The van der Waals surface area contributed by atoms with E-state index in [4.69, 9.17) is 13.7 Å². The average Bonchev–Trinajstić information content (AvgIpc) is 3.45. The van der Waals surface area contributed by atoms with Gasteiger partial charge in [0, 0.05) is 19.0 Å². The number of hydrogen-bond acceptors (Lipinski definition) is 7. The van der Waals surface area contributed by atoms with Crippen molar-refractivity contribution >= 4 is 5.91 Å².